The van der Waals surface area contributed by atoms with Crippen LogP contribution in [0.4, 0.5) is 0 Å². The van der Waals surface area contributed by atoms with Crippen molar-refractivity contribution in [1.82, 2.24) is 0 Å². The maximum atomic E-state index is 5.83. The van der Waals surface area contributed by atoms with Crippen LogP contribution in [0, 0.1) is 11.8 Å². The van der Waals surface area contributed by atoms with Gasteiger partial charge in [-0.25, -0.2) is 0 Å². The number of hydrogen-bond donors (Lipinski definition) is 1. The van der Waals surface area contributed by atoms with Gasteiger partial charge in [0, 0.05) is 6.04 Å². The summed E-state index contributed by atoms with van der Waals surface area (Å²) in [5.74, 6) is 1.51. The molecule has 0 aromatic heterocycles. The molecule has 1 aliphatic rings. The van der Waals surface area contributed by atoms with Crippen molar-refractivity contribution in [3.8, 4) is 0 Å². The Morgan fingerprint density at radius 3 is 2.25 bits per heavy atom. The Kier molecular flexibility index (Phi) is 3.80. The normalized spacial score (nSPS) is 31.7. The fourth-order valence-electron chi connectivity index (χ4n) is 1.72. The van der Waals surface area contributed by atoms with Gasteiger partial charge < -0.3 is 5.73 Å². The first kappa shape index (κ1) is 9.79. The SMILES string of the molecule is CC(C)/C=C/C1CCC(N)CC1. The first-order valence-electron chi connectivity index (χ1n) is 5.12. The molecule has 12 heavy (non-hydrogen) atoms. The maximum absolute atomic E-state index is 5.83. The van der Waals surface area contributed by atoms with Gasteiger partial charge in [0.05, 0.1) is 0 Å². The van der Waals surface area contributed by atoms with Crippen LogP contribution in [0.1, 0.15) is 39.5 Å². The van der Waals surface area contributed by atoms with Crippen molar-refractivity contribution < 1.29 is 0 Å². The Morgan fingerprint density at radius 2 is 1.75 bits per heavy atom. The minimum absolute atomic E-state index is 0.480. The van der Waals surface area contributed by atoms with E-state index in [0.717, 1.165) is 5.92 Å². The zero-order chi connectivity index (χ0) is 8.97. The molecule has 2 N–H and O–H groups in total. The van der Waals surface area contributed by atoms with E-state index >= 15 is 0 Å². The highest BCUT2D eigenvalue weighted by atomic mass is 14.6. The summed E-state index contributed by atoms with van der Waals surface area (Å²) in [7, 11) is 0. The van der Waals surface area contributed by atoms with Gasteiger partial charge in [-0.15, -0.1) is 0 Å². The third kappa shape index (κ3) is 3.40. The van der Waals surface area contributed by atoms with Crippen molar-refractivity contribution in [2.24, 2.45) is 17.6 Å². The van der Waals surface area contributed by atoms with Crippen LogP contribution in [0.15, 0.2) is 12.2 Å². The lowest BCUT2D eigenvalue weighted by molar-refractivity contribution is 0.374. The van der Waals surface area contributed by atoms with Gasteiger partial charge in [-0.05, 0) is 37.5 Å². The van der Waals surface area contributed by atoms with E-state index in [0.29, 0.717) is 12.0 Å². The van der Waals surface area contributed by atoms with Crippen LogP contribution in [0.2, 0.25) is 0 Å². The molecule has 0 saturated heterocycles. The van der Waals surface area contributed by atoms with Crippen LogP contribution in [-0.2, 0) is 0 Å². The van der Waals surface area contributed by atoms with Crippen LogP contribution in [-0.4, -0.2) is 6.04 Å². The molecule has 1 nitrogen and oxygen atoms in total. The van der Waals surface area contributed by atoms with E-state index in [-0.39, 0.29) is 0 Å². The second-order valence-corrected chi connectivity index (χ2v) is 4.30. The summed E-state index contributed by atoms with van der Waals surface area (Å²) in [6, 6.07) is 0.480. The van der Waals surface area contributed by atoms with Crippen molar-refractivity contribution in [3.63, 3.8) is 0 Å². The van der Waals surface area contributed by atoms with Crippen LogP contribution in [0.5, 0.6) is 0 Å². The minimum atomic E-state index is 0.480. The average molecular weight is 167 g/mol. The van der Waals surface area contributed by atoms with Gasteiger partial charge in [0.15, 0.2) is 0 Å². The number of hydrogen-bond acceptors (Lipinski definition) is 1. The zero-order valence-electron chi connectivity index (χ0n) is 8.29. The Hall–Kier alpha value is -0.300. The lowest BCUT2D eigenvalue weighted by atomic mass is 9.86. The van der Waals surface area contributed by atoms with Crippen molar-refractivity contribution in [1.29, 1.82) is 0 Å². The van der Waals surface area contributed by atoms with Crippen LogP contribution in [0.25, 0.3) is 0 Å². The Labute approximate surface area is 76.0 Å². The molecular formula is C11H21N. The second kappa shape index (κ2) is 4.66. The van der Waals surface area contributed by atoms with Gasteiger partial charge in [-0.2, -0.15) is 0 Å². The van der Waals surface area contributed by atoms with Crippen molar-refractivity contribution >= 4 is 0 Å². The van der Waals surface area contributed by atoms with Crippen molar-refractivity contribution in [2.45, 2.75) is 45.6 Å². The van der Waals surface area contributed by atoms with Crippen LogP contribution >= 0.6 is 0 Å². The van der Waals surface area contributed by atoms with E-state index in [1.54, 1.807) is 0 Å². The first-order valence-corrected chi connectivity index (χ1v) is 5.12. The van der Waals surface area contributed by atoms with Crippen LogP contribution in [0.3, 0.4) is 0 Å². The Bertz CT molecular complexity index is 141. The van der Waals surface area contributed by atoms with Gasteiger partial charge in [-0.1, -0.05) is 26.0 Å². The van der Waals surface area contributed by atoms with E-state index in [1.807, 2.05) is 0 Å². The first-order chi connectivity index (χ1) is 5.68. The standard InChI is InChI=1S/C11H21N/c1-9(2)3-4-10-5-7-11(12)8-6-10/h3-4,9-11H,5-8,12H2,1-2H3/b4-3+. The number of nitrogens with two attached hydrogens (primary N) is 1. The molecule has 0 amide bonds. The fourth-order valence-corrected chi connectivity index (χ4v) is 1.72. The molecule has 0 heterocycles. The lowest BCUT2D eigenvalue weighted by Crippen LogP contribution is -2.25. The predicted molar refractivity (Wildman–Crippen MR) is 53.9 cm³/mol. The van der Waals surface area contributed by atoms with Gasteiger partial charge in [-0.3, -0.25) is 0 Å². The molecule has 1 fully saturated rings. The molecule has 1 heteroatoms. The topological polar surface area (TPSA) is 26.0 Å². The molecule has 0 aromatic carbocycles. The smallest absolute Gasteiger partial charge is 0.00392 e. The van der Waals surface area contributed by atoms with E-state index in [4.69, 9.17) is 5.73 Å². The van der Waals surface area contributed by atoms with E-state index in [1.165, 1.54) is 25.7 Å². The van der Waals surface area contributed by atoms with Crippen molar-refractivity contribution in [2.75, 3.05) is 0 Å². The molecule has 0 aliphatic heterocycles. The Morgan fingerprint density at radius 1 is 1.17 bits per heavy atom. The minimum Gasteiger partial charge on any atom is -0.328 e. The molecule has 1 aliphatic carbocycles. The summed E-state index contributed by atoms with van der Waals surface area (Å²) < 4.78 is 0. The monoisotopic (exact) mass is 167 g/mol. The molecule has 70 valence electrons. The van der Waals surface area contributed by atoms with Gasteiger partial charge >= 0.3 is 0 Å². The van der Waals surface area contributed by atoms with Crippen LogP contribution < -0.4 is 5.73 Å². The quantitative estimate of drug-likeness (QED) is 0.629. The summed E-state index contributed by atoms with van der Waals surface area (Å²) in [5.41, 5.74) is 5.83. The highest BCUT2D eigenvalue weighted by Crippen LogP contribution is 2.24. The zero-order valence-corrected chi connectivity index (χ0v) is 8.29. The fraction of sp³-hybridized carbons (Fsp3) is 0.818. The molecular weight excluding hydrogens is 146 g/mol. The third-order valence-electron chi connectivity index (χ3n) is 2.58. The van der Waals surface area contributed by atoms with Gasteiger partial charge in [0.1, 0.15) is 0 Å². The van der Waals surface area contributed by atoms with Crippen molar-refractivity contribution in [3.05, 3.63) is 12.2 Å². The maximum Gasteiger partial charge on any atom is 0.00392 e. The van der Waals surface area contributed by atoms with Gasteiger partial charge in [0.2, 0.25) is 0 Å². The molecule has 1 rings (SSSR count). The number of allylic oxidation sites excluding steroid dienone is 2. The lowest BCUT2D eigenvalue weighted by Gasteiger charge is -2.23. The summed E-state index contributed by atoms with van der Waals surface area (Å²) >= 11 is 0. The van der Waals surface area contributed by atoms with E-state index in [2.05, 4.69) is 26.0 Å². The summed E-state index contributed by atoms with van der Waals surface area (Å²) in [4.78, 5) is 0. The molecule has 0 spiro atoms. The van der Waals surface area contributed by atoms with Gasteiger partial charge in [0.25, 0.3) is 0 Å². The van der Waals surface area contributed by atoms with E-state index in [9.17, 15) is 0 Å². The molecule has 0 bridgehead atoms. The molecule has 0 aromatic rings. The molecule has 1 saturated carbocycles. The largest absolute Gasteiger partial charge is 0.328 e. The summed E-state index contributed by atoms with van der Waals surface area (Å²) in [6.07, 6.45) is 9.73. The second-order valence-electron chi connectivity index (χ2n) is 4.30. The summed E-state index contributed by atoms with van der Waals surface area (Å²) in [6.45, 7) is 4.45. The highest BCUT2D eigenvalue weighted by molar-refractivity contribution is 4.93. The third-order valence-corrected chi connectivity index (χ3v) is 2.58. The highest BCUT2D eigenvalue weighted by Gasteiger charge is 2.15. The average Bonchev–Trinajstić information content (AvgIpc) is 2.03. The number of rotatable bonds is 2. The molecule has 0 unspecified atom stereocenters. The van der Waals surface area contributed by atoms with E-state index < -0.39 is 0 Å². The predicted octanol–water partition coefficient (Wildman–Crippen LogP) is 2.72. The molecule has 0 radical (unpaired) electrons. The Balaban J connectivity index is 2.26. The molecule has 0 atom stereocenters. The summed E-state index contributed by atoms with van der Waals surface area (Å²) in [5, 5.41) is 0.